The molecule has 9 heteroatoms. The SMILES string of the molecule is O=C(Cc1cn2cc(Cl)cc(Cl)c2n1)Nc1cc(-c2ccccn2)[nH]n1. The van der Waals surface area contributed by atoms with E-state index in [1.54, 1.807) is 35.1 Å². The standard InChI is InChI=1S/C17H12Cl2N6O/c18-10-5-12(19)17-21-11(9-25(17)8-10)6-16(26)22-15-7-14(23-24-15)13-3-1-2-4-20-13/h1-5,7-9H,6H2,(H2,22,23,24,26). The van der Waals surface area contributed by atoms with Crippen molar-refractivity contribution in [3.63, 3.8) is 0 Å². The Balaban J connectivity index is 1.48. The van der Waals surface area contributed by atoms with Gasteiger partial charge in [-0.25, -0.2) is 4.98 Å². The minimum absolute atomic E-state index is 0.0847. The maximum atomic E-state index is 12.3. The van der Waals surface area contributed by atoms with Gasteiger partial charge in [-0.2, -0.15) is 5.10 Å². The summed E-state index contributed by atoms with van der Waals surface area (Å²) in [6.07, 6.45) is 5.18. The fraction of sp³-hybridized carbons (Fsp3) is 0.0588. The summed E-state index contributed by atoms with van der Waals surface area (Å²) >= 11 is 12.1. The Bertz CT molecular complexity index is 1090. The monoisotopic (exact) mass is 386 g/mol. The predicted molar refractivity (Wildman–Crippen MR) is 99.4 cm³/mol. The summed E-state index contributed by atoms with van der Waals surface area (Å²) in [5.41, 5.74) is 2.59. The van der Waals surface area contributed by atoms with Crippen LogP contribution in [0.25, 0.3) is 17.0 Å². The molecule has 0 saturated heterocycles. The molecule has 7 nitrogen and oxygen atoms in total. The second-order valence-electron chi connectivity index (χ2n) is 5.58. The average molecular weight is 387 g/mol. The van der Waals surface area contributed by atoms with Crippen LogP contribution < -0.4 is 5.32 Å². The normalized spacial score (nSPS) is 11.0. The second kappa shape index (κ2) is 6.78. The summed E-state index contributed by atoms with van der Waals surface area (Å²) in [6.45, 7) is 0. The van der Waals surface area contributed by atoms with Crippen molar-refractivity contribution < 1.29 is 4.79 Å². The number of aromatic nitrogens is 5. The molecule has 0 aliphatic heterocycles. The van der Waals surface area contributed by atoms with Gasteiger partial charge in [0.25, 0.3) is 0 Å². The van der Waals surface area contributed by atoms with Crippen LogP contribution >= 0.6 is 23.2 Å². The molecule has 1 amide bonds. The number of imidazole rings is 1. The summed E-state index contributed by atoms with van der Waals surface area (Å²) in [4.78, 5) is 20.9. The highest BCUT2D eigenvalue weighted by Gasteiger charge is 2.12. The second-order valence-corrected chi connectivity index (χ2v) is 6.42. The molecule has 0 bridgehead atoms. The number of carbonyl (C=O) groups is 1. The number of nitrogens with zero attached hydrogens (tertiary/aromatic N) is 4. The van der Waals surface area contributed by atoms with E-state index in [0.29, 0.717) is 27.2 Å². The Hall–Kier alpha value is -2.90. The lowest BCUT2D eigenvalue weighted by atomic mass is 10.2. The van der Waals surface area contributed by atoms with Crippen molar-refractivity contribution in [1.82, 2.24) is 24.6 Å². The lowest BCUT2D eigenvalue weighted by molar-refractivity contribution is -0.115. The van der Waals surface area contributed by atoms with Gasteiger partial charge in [-0.1, -0.05) is 29.3 Å². The van der Waals surface area contributed by atoms with Crippen molar-refractivity contribution in [2.75, 3.05) is 5.32 Å². The molecule has 2 N–H and O–H groups in total. The summed E-state index contributed by atoms with van der Waals surface area (Å²) in [5, 5.41) is 10.6. The smallest absolute Gasteiger partial charge is 0.231 e. The third kappa shape index (κ3) is 3.40. The van der Waals surface area contributed by atoms with Gasteiger partial charge in [0, 0.05) is 24.7 Å². The minimum atomic E-state index is -0.241. The molecule has 0 aliphatic rings. The number of halogens is 2. The van der Waals surface area contributed by atoms with Crippen LogP contribution in [0.3, 0.4) is 0 Å². The van der Waals surface area contributed by atoms with E-state index in [1.165, 1.54) is 0 Å². The molecule has 4 aromatic rings. The topological polar surface area (TPSA) is 88.0 Å². The molecule has 4 heterocycles. The van der Waals surface area contributed by atoms with Gasteiger partial charge in [-0.15, -0.1) is 0 Å². The fourth-order valence-electron chi connectivity index (χ4n) is 2.55. The molecule has 130 valence electrons. The van der Waals surface area contributed by atoms with E-state index in [9.17, 15) is 4.79 Å². The van der Waals surface area contributed by atoms with Gasteiger partial charge in [-0.05, 0) is 18.2 Å². The van der Waals surface area contributed by atoms with Crippen molar-refractivity contribution in [3.8, 4) is 11.4 Å². The molecule has 4 aromatic heterocycles. The Morgan fingerprint density at radius 2 is 2.12 bits per heavy atom. The van der Waals surface area contributed by atoms with E-state index in [4.69, 9.17) is 23.2 Å². The largest absolute Gasteiger partial charge is 0.309 e. The molecular weight excluding hydrogens is 375 g/mol. The Morgan fingerprint density at radius 1 is 1.23 bits per heavy atom. The number of nitrogens with one attached hydrogen (secondary N) is 2. The highest BCUT2D eigenvalue weighted by atomic mass is 35.5. The third-order valence-corrected chi connectivity index (χ3v) is 4.14. The van der Waals surface area contributed by atoms with Gasteiger partial charge in [0.1, 0.15) is 0 Å². The molecule has 4 rings (SSSR count). The summed E-state index contributed by atoms with van der Waals surface area (Å²) in [5.74, 6) is 0.176. The number of hydrogen-bond donors (Lipinski definition) is 2. The fourth-order valence-corrected chi connectivity index (χ4v) is 3.08. The number of rotatable bonds is 4. The number of pyridine rings is 2. The number of carbonyl (C=O) groups excluding carboxylic acids is 1. The van der Waals surface area contributed by atoms with Crippen LogP contribution in [0.15, 0.2) is 48.9 Å². The molecule has 0 fully saturated rings. The van der Waals surface area contributed by atoms with Crippen molar-refractivity contribution in [2.24, 2.45) is 0 Å². The van der Waals surface area contributed by atoms with Gasteiger partial charge < -0.3 is 9.72 Å². The van der Waals surface area contributed by atoms with E-state index < -0.39 is 0 Å². The number of H-pyrrole nitrogens is 1. The van der Waals surface area contributed by atoms with Gasteiger partial charge in [-0.3, -0.25) is 14.9 Å². The molecule has 0 unspecified atom stereocenters. The molecule has 0 atom stereocenters. The van der Waals surface area contributed by atoms with Crippen molar-refractivity contribution in [3.05, 3.63) is 64.7 Å². The van der Waals surface area contributed by atoms with Crippen LogP contribution in [0, 0.1) is 0 Å². The summed E-state index contributed by atoms with van der Waals surface area (Å²) in [6, 6.07) is 8.89. The molecule has 0 spiro atoms. The van der Waals surface area contributed by atoms with Gasteiger partial charge in [0.15, 0.2) is 11.5 Å². The highest BCUT2D eigenvalue weighted by Crippen LogP contribution is 2.22. The first-order valence-electron chi connectivity index (χ1n) is 7.68. The first-order chi connectivity index (χ1) is 12.6. The Kier molecular flexibility index (Phi) is 4.32. The maximum Gasteiger partial charge on any atom is 0.231 e. The summed E-state index contributed by atoms with van der Waals surface area (Å²) < 4.78 is 1.70. The van der Waals surface area contributed by atoms with Gasteiger partial charge >= 0.3 is 0 Å². The molecule has 26 heavy (non-hydrogen) atoms. The average Bonchev–Trinajstić information content (AvgIpc) is 3.22. The van der Waals surface area contributed by atoms with E-state index in [-0.39, 0.29) is 12.3 Å². The Morgan fingerprint density at radius 3 is 2.92 bits per heavy atom. The van der Waals surface area contributed by atoms with Crippen molar-refractivity contribution >= 4 is 40.6 Å². The lowest BCUT2D eigenvalue weighted by Crippen LogP contribution is -2.14. The van der Waals surface area contributed by atoms with Gasteiger partial charge in [0.2, 0.25) is 5.91 Å². The van der Waals surface area contributed by atoms with Crippen molar-refractivity contribution in [2.45, 2.75) is 6.42 Å². The number of anilines is 1. The molecule has 0 saturated carbocycles. The van der Waals surface area contributed by atoms with Crippen LogP contribution in [-0.4, -0.2) is 30.5 Å². The Labute approximate surface area is 158 Å². The first kappa shape index (κ1) is 16.6. The van der Waals surface area contributed by atoms with Crippen LogP contribution in [0.2, 0.25) is 10.0 Å². The summed E-state index contributed by atoms with van der Waals surface area (Å²) in [7, 11) is 0. The zero-order chi connectivity index (χ0) is 18.1. The maximum absolute atomic E-state index is 12.3. The molecule has 0 aromatic carbocycles. The van der Waals surface area contributed by atoms with Crippen LogP contribution in [0.5, 0.6) is 0 Å². The highest BCUT2D eigenvalue weighted by molar-refractivity contribution is 6.36. The van der Waals surface area contributed by atoms with Crippen LogP contribution in [0.1, 0.15) is 5.69 Å². The number of hydrogen-bond acceptors (Lipinski definition) is 4. The quantitative estimate of drug-likeness (QED) is 0.560. The van der Waals surface area contributed by atoms with E-state index in [0.717, 1.165) is 11.4 Å². The number of fused-ring (bicyclic) bond motifs is 1. The minimum Gasteiger partial charge on any atom is -0.309 e. The molecule has 0 radical (unpaired) electrons. The van der Waals surface area contributed by atoms with E-state index >= 15 is 0 Å². The zero-order valence-electron chi connectivity index (χ0n) is 13.3. The van der Waals surface area contributed by atoms with Crippen LogP contribution in [-0.2, 0) is 11.2 Å². The van der Waals surface area contributed by atoms with E-state index in [1.807, 2.05) is 18.2 Å². The van der Waals surface area contributed by atoms with Crippen LogP contribution in [0.4, 0.5) is 5.82 Å². The number of aromatic amines is 1. The molecule has 0 aliphatic carbocycles. The zero-order valence-corrected chi connectivity index (χ0v) is 14.8. The predicted octanol–water partition coefficient (Wildman–Crippen LogP) is 3.61. The van der Waals surface area contributed by atoms with E-state index in [2.05, 4.69) is 25.5 Å². The van der Waals surface area contributed by atoms with Gasteiger partial charge in [0.05, 0.1) is 33.5 Å². The first-order valence-corrected chi connectivity index (χ1v) is 8.43. The third-order valence-electron chi connectivity index (χ3n) is 3.65. The van der Waals surface area contributed by atoms with Crippen molar-refractivity contribution in [1.29, 1.82) is 0 Å². The lowest BCUT2D eigenvalue weighted by Gasteiger charge is -1.98. The number of amides is 1. The molecular formula is C17H12Cl2N6O.